The van der Waals surface area contributed by atoms with Crippen LogP contribution in [0.15, 0.2) is 42.5 Å². The number of carbonyl (C=O) groups is 3. The summed E-state index contributed by atoms with van der Waals surface area (Å²) in [6.45, 7) is 12.3. The van der Waals surface area contributed by atoms with Gasteiger partial charge in [0.15, 0.2) is 0 Å². The van der Waals surface area contributed by atoms with Crippen molar-refractivity contribution < 1.29 is 24.2 Å². The molecule has 0 aliphatic carbocycles. The Morgan fingerprint density at radius 2 is 1.76 bits per heavy atom. The monoisotopic (exact) mass is 593 g/mol. The second-order valence-corrected chi connectivity index (χ2v) is 13.7. The first-order valence-corrected chi connectivity index (χ1v) is 16.0. The molecule has 3 fully saturated rings. The van der Waals surface area contributed by atoms with Gasteiger partial charge in [-0.2, -0.15) is 0 Å². The zero-order valence-corrected chi connectivity index (χ0v) is 26.2. The highest BCUT2D eigenvalue weighted by atomic mass is 32.2. The molecule has 226 valence electrons. The highest BCUT2D eigenvalue weighted by molar-refractivity contribution is 8.02. The molecule has 8 nitrogen and oxygen atoms in total. The lowest BCUT2D eigenvalue weighted by Gasteiger charge is -2.41. The number of rotatable bonds is 10. The molecule has 1 spiro atoms. The molecule has 0 radical (unpaired) electrons. The SMILES string of the molecule is CCOc1ccc(NC(=O)[C@@H]2[C@H]3C(=O)N([C@@H](CO)[C@@H](C)CC)C(C(=O)Nc4c(C)cccc4C)C34S[C@@H]2CC4C)cc1. The van der Waals surface area contributed by atoms with Gasteiger partial charge in [0, 0.05) is 16.6 Å². The van der Waals surface area contributed by atoms with Crippen LogP contribution in [0.1, 0.15) is 51.7 Å². The molecule has 8 atom stereocenters. The summed E-state index contributed by atoms with van der Waals surface area (Å²) in [6.07, 6.45) is 1.48. The number of nitrogens with zero attached hydrogens (tertiary/aromatic N) is 1. The number of benzene rings is 2. The third-order valence-corrected chi connectivity index (χ3v) is 11.8. The van der Waals surface area contributed by atoms with Gasteiger partial charge in [-0.25, -0.2) is 0 Å². The van der Waals surface area contributed by atoms with Gasteiger partial charge in [-0.15, -0.1) is 11.8 Å². The molecular formula is C33H43N3O5S. The highest BCUT2D eigenvalue weighted by Gasteiger charge is 2.76. The van der Waals surface area contributed by atoms with Crippen LogP contribution >= 0.6 is 11.8 Å². The molecule has 3 N–H and O–H groups in total. The number of aliphatic hydroxyl groups is 1. The summed E-state index contributed by atoms with van der Waals surface area (Å²) in [5, 5.41) is 16.7. The number of nitrogens with one attached hydrogen (secondary N) is 2. The Morgan fingerprint density at radius 3 is 2.36 bits per heavy atom. The summed E-state index contributed by atoms with van der Waals surface area (Å²) >= 11 is 1.64. The molecule has 42 heavy (non-hydrogen) atoms. The quantitative estimate of drug-likeness (QED) is 0.357. The number of para-hydroxylation sites is 1. The number of ether oxygens (including phenoxy) is 1. The van der Waals surface area contributed by atoms with Crippen molar-refractivity contribution in [2.75, 3.05) is 23.8 Å². The van der Waals surface area contributed by atoms with Gasteiger partial charge in [-0.1, -0.05) is 45.4 Å². The van der Waals surface area contributed by atoms with E-state index >= 15 is 0 Å². The summed E-state index contributed by atoms with van der Waals surface area (Å²) in [5.74, 6) is -1.18. The molecule has 2 aromatic carbocycles. The Bertz CT molecular complexity index is 1330. The van der Waals surface area contributed by atoms with Gasteiger partial charge in [0.1, 0.15) is 11.8 Å². The normalized spacial score (nSPS) is 29.3. The second kappa shape index (κ2) is 11.9. The van der Waals surface area contributed by atoms with E-state index in [9.17, 15) is 19.5 Å². The summed E-state index contributed by atoms with van der Waals surface area (Å²) in [6, 6.07) is 11.7. The number of hydrogen-bond donors (Lipinski definition) is 3. The van der Waals surface area contributed by atoms with Gasteiger partial charge in [0.2, 0.25) is 17.7 Å². The maximum Gasteiger partial charge on any atom is 0.248 e. The van der Waals surface area contributed by atoms with Crippen LogP contribution in [0.2, 0.25) is 0 Å². The third kappa shape index (κ3) is 4.88. The Hall–Kier alpha value is -3.04. The number of aliphatic hydroxyl groups excluding tert-OH is 1. The lowest BCUT2D eigenvalue weighted by Crippen LogP contribution is -2.58. The van der Waals surface area contributed by atoms with E-state index in [1.54, 1.807) is 28.8 Å². The molecule has 3 amide bonds. The Labute approximate surface area is 253 Å². The molecule has 2 bridgehead atoms. The van der Waals surface area contributed by atoms with Gasteiger partial charge >= 0.3 is 0 Å². The third-order valence-electron chi connectivity index (χ3n) is 9.74. The van der Waals surface area contributed by atoms with Crippen molar-refractivity contribution in [1.29, 1.82) is 0 Å². The molecule has 3 heterocycles. The first kappa shape index (κ1) is 30.4. The number of anilines is 2. The van der Waals surface area contributed by atoms with Gasteiger partial charge in [-0.05, 0) is 74.4 Å². The van der Waals surface area contributed by atoms with Crippen molar-refractivity contribution in [3.63, 3.8) is 0 Å². The standard InChI is InChI=1S/C33H43N3O5S/c1-7-18(3)24(17-37)36-29(31(39)35-28-19(4)10-9-11-20(28)5)33-21(6)16-25(42-33)26(27(33)32(36)40)30(38)34-22-12-14-23(15-13-22)41-8-2/h9-15,18,21,24-27,29,37H,7-8,16-17H2,1-6H3,(H,34,38)(H,35,39)/t18-,21?,24-,25+,26-,27-,29?,33?/m0/s1. The van der Waals surface area contributed by atoms with Crippen LogP contribution in [0.25, 0.3) is 0 Å². The number of likely N-dealkylation sites (tertiary alicyclic amines) is 1. The summed E-state index contributed by atoms with van der Waals surface area (Å²) < 4.78 is 4.75. The Morgan fingerprint density at radius 1 is 1.10 bits per heavy atom. The second-order valence-electron chi connectivity index (χ2n) is 12.1. The van der Waals surface area contributed by atoms with Gasteiger partial charge in [-0.3, -0.25) is 14.4 Å². The lowest BCUT2D eigenvalue weighted by atomic mass is 9.65. The predicted molar refractivity (Wildman–Crippen MR) is 167 cm³/mol. The maximum absolute atomic E-state index is 14.5. The van der Waals surface area contributed by atoms with Gasteiger partial charge in [0.05, 0.1) is 35.8 Å². The fourth-order valence-corrected chi connectivity index (χ4v) is 9.87. The van der Waals surface area contributed by atoms with Crippen LogP contribution in [0.4, 0.5) is 11.4 Å². The smallest absolute Gasteiger partial charge is 0.248 e. The van der Waals surface area contributed by atoms with E-state index in [0.29, 0.717) is 12.3 Å². The zero-order chi connectivity index (χ0) is 30.3. The van der Waals surface area contributed by atoms with Crippen molar-refractivity contribution in [2.45, 2.75) is 76.5 Å². The number of carbonyl (C=O) groups excluding carboxylic acids is 3. The average Bonchev–Trinajstić information content (AvgIpc) is 3.56. The van der Waals surface area contributed by atoms with E-state index in [-0.39, 0.29) is 41.4 Å². The summed E-state index contributed by atoms with van der Waals surface area (Å²) in [4.78, 5) is 44.5. The maximum atomic E-state index is 14.5. The number of thioether (sulfide) groups is 1. The van der Waals surface area contributed by atoms with Crippen LogP contribution < -0.4 is 15.4 Å². The zero-order valence-electron chi connectivity index (χ0n) is 25.3. The van der Waals surface area contributed by atoms with Gasteiger partial charge in [0.25, 0.3) is 0 Å². The largest absolute Gasteiger partial charge is 0.494 e. The van der Waals surface area contributed by atoms with Crippen molar-refractivity contribution >= 4 is 40.9 Å². The van der Waals surface area contributed by atoms with Crippen LogP contribution in [0, 0.1) is 37.5 Å². The first-order chi connectivity index (χ1) is 20.1. The fraction of sp³-hybridized carbons (Fsp3) is 0.545. The fourth-order valence-electron chi connectivity index (χ4n) is 7.46. The van der Waals surface area contributed by atoms with Crippen molar-refractivity contribution in [3.05, 3.63) is 53.6 Å². The van der Waals surface area contributed by atoms with E-state index < -0.39 is 28.7 Å². The average molecular weight is 594 g/mol. The number of aryl methyl sites for hydroxylation is 2. The Balaban J connectivity index is 1.53. The highest BCUT2D eigenvalue weighted by Crippen LogP contribution is 2.69. The number of amides is 3. The number of fused-ring (bicyclic) bond motifs is 1. The summed E-state index contributed by atoms with van der Waals surface area (Å²) in [7, 11) is 0. The van der Waals surface area contributed by atoms with Crippen LogP contribution in [-0.4, -0.2) is 63.0 Å². The predicted octanol–water partition coefficient (Wildman–Crippen LogP) is 5.02. The minimum atomic E-state index is -0.812. The van der Waals surface area contributed by atoms with Crippen molar-refractivity contribution in [1.82, 2.24) is 4.90 Å². The topological polar surface area (TPSA) is 108 Å². The van der Waals surface area contributed by atoms with Gasteiger partial charge < -0.3 is 25.4 Å². The number of hydrogen-bond acceptors (Lipinski definition) is 6. The molecule has 3 unspecified atom stereocenters. The minimum Gasteiger partial charge on any atom is -0.494 e. The Kier molecular flexibility index (Phi) is 8.63. The van der Waals surface area contributed by atoms with Crippen LogP contribution in [0.3, 0.4) is 0 Å². The minimum absolute atomic E-state index is 0.0293. The molecule has 0 saturated carbocycles. The molecular weight excluding hydrogens is 550 g/mol. The molecule has 2 aromatic rings. The van der Waals surface area contributed by atoms with E-state index in [0.717, 1.165) is 35.4 Å². The molecule has 3 saturated heterocycles. The van der Waals surface area contributed by atoms with E-state index in [2.05, 4.69) is 17.6 Å². The van der Waals surface area contributed by atoms with Crippen LogP contribution in [0.5, 0.6) is 5.75 Å². The van der Waals surface area contributed by atoms with Crippen molar-refractivity contribution in [3.8, 4) is 5.75 Å². The molecule has 0 aromatic heterocycles. The lowest BCUT2D eigenvalue weighted by molar-refractivity contribution is -0.142. The first-order valence-electron chi connectivity index (χ1n) is 15.1. The summed E-state index contributed by atoms with van der Waals surface area (Å²) in [5.41, 5.74) is 3.27. The van der Waals surface area contributed by atoms with Crippen molar-refractivity contribution in [2.24, 2.45) is 23.7 Å². The molecule has 5 rings (SSSR count). The van der Waals surface area contributed by atoms with E-state index in [4.69, 9.17) is 4.74 Å². The molecule has 9 heteroatoms. The van der Waals surface area contributed by atoms with E-state index in [1.165, 1.54) is 0 Å². The van der Waals surface area contributed by atoms with Crippen LogP contribution in [-0.2, 0) is 14.4 Å². The molecule has 3 aliphatic heterocycles. The van der Waals surface area contributed by atoms with E-state index in [1.807, 2.05) is 65.0 Å². The molecule has 3 aliphatic rings.